The van der Waals surface area contributed by atoms with E-state index in [4.69, 9.17) is 0 Å². The van der Waals surface area contributed by atoms with E-state index in [2.05, 4.69) is 6.08 Å². The van der Waals surface area contributed by atoms with Crippen LogP contribution in [0.3, 0.4) is 0 Å². The average molecular weight is 127 g/mol. The van der Waals surface area contributed by atoms with Crippen LogP contribution in [-0.2, 0) is 0 Å². The Kier molecular flexibility index (Phi) is 1.60. The van der Waals surface area contributed by atoms with E-state index in [1.165, 1.54) is 5.57 Å². The molecule has 0 radical (unpaired) electrons. The summed E-state index contributed by atoms with van der Waals surface area (Å²) in [6, 6.07) is 0. The maximum Gasteiger partial charge on any atom is 0.0996 e. The monoisotopic (exact) mass is 127 g/mol. The summed E-state index contributed by atoms with van der Waals surface area (Å²) < 4.78 is -0.0810. The van der Waals surface area contributed by atoms with Crippen molar-refractivity contribution in [2.24, 2.45) is 0 Å². The summed E-state index contributed by atoms with van der Waals surface area (Å²) in [6.45, 7) is 3.45. The Morgan fingerprint density at radius 1 is 1.67 bits per heavy atom. The van der Waals surface area contributed by atoms with Crippen LogP contribution in [0.15, 0.2) is 11.6 Å². The fraction of sp³-hybridized carbons (Fsp3) is 0.714. The zero-order chi connectivity index (χ0) is 6.91. The first-order chi connectivity index (χ1) is 4.10. The molecule has 1 heterocycles. The van der Waals surface area contributed by atoms with Gasteiger partial charge in [-0.2, -0.15) is 0 Å². The molecule has 1 atom stereocenters. The molecule has 2 nitrogen and oxygen atoms in total. The summed E-state index contributed by atoms with van der Waals surface area (Å²) >= 11 is 0. The molecule has 0 fully saturated rings. The van der Waals surface area contributed by atoms with Crippen LogP contribution >= 0.6 is 0 Å². The van der Waals surface area contributed by atoms with Gasteiger partial charge in [-0.05, 0) is 12.5 Å². The number of hydrogen-bond acceptors (Lipinski definition) is 1. The van der Waals surface area contributed by atoms with Crippen molar-refractivity contribution in [1.29, 1.82) is 0 Å². The van der Waals surface area contributed by atoms with Gasteiger partial charge in [0.05, 0.1) is 20.1 Å². The second kappa shape index (κ2) is 2.12. The molecule has 0 bridgehead atoms. The molecule has 1 rings (SSSR count). The van der Waals surface area contributed by atoms with Crippen LogP contribution in [0.25, 0.3) is 0 Å². The van der Waals surface area contributed by atoms with Crippen LogP contribution in [0.5, 0.6) is 0 Å². The fourth-order valence-corrected chi connectivity index (χ4v) is 1.26. The lowest BCUT2D eigenvalue weighted by Gasteiger charge is -2.40. The van der Waals surface area contributed by atoms with Crippen molar-refractivity contribution in [2.45, 2.75) is 13.3 Å². The molecule has 0 N–H and O–H groups in total. The quantitative estimate of drug-likeness (QED) is 0.273. The summed E-state index contributed by atoms with van der Waals surface area (Å²) in [5, 5.41) is 11.2. The van der Waals surface area contributed by atoms with Gasteiger partial charge in [-0.1, -0.05) is 6.08 Å². The maximum atomic E-state index is 11.2. The molecule has 1 unspecified atom stereocenters. The van der Waals surface area contributed by atoms with Crippen molar-refractivity contribution in [3.8, 4) is 0 Å². The third-order valence-electron chi connectivity index (χ3n) is 1.68. The van der Waals surface area contributed by atoms with Gasteiger partial charge in [0.2, 0.25) is 0 Å². The number of quaternary nitrogens is 1. The first kappa shape index (κ1) is 6.78. The van der Waals surface area contributed by atoms with Gasteiger partial charge in [0.25, 0.3) is 0 Å². The van der Waals surface area contributed by atoms with Crippen molar-refractivity contribution >= 4 is 0 Å². The average Bonchev–Trinajstić information content (AvgIpc) is 1.60. The molecule has 1 aliphatic heterocycles. The van der Waals surface area contributed by atoms with Crippen molar-refractivity contribution in [3.05, 3.63) is 16.9 Å². The number of rotatable bonds is 0. The second-order valence-corrected chi connectivity index (χ2v) is 3.02. The Bertz CT molecular complexity index is 138. The van der Waals surface area contributed by atoms with Crippen LogP contribution in [-0.4, -0.2) is 24.8 Å². The fourth-order valence-electron chi connectivity index (χ4n) is 1.26. The zero-order valence-electron chi connectivity index (χ0n) is 6.05. The highest BCUT2D eigenvalue weighted by molar-refractivity contribution is 5.00. The Labute approximate surface area is 56.0 Å². The summed E-state index contributed by atoms with van der Waals surface area (Å²) in [5.74, 6) is 0. The zero-order valence-corrected chi connectivity index (χ0v) is 6.05. The van der Waals surface area contributed by atoms with Gasteiger partial charge >= 0.3 is 0 Å². The number of hydrogen-bond donors (Lipinski definition) is 0. The molecular formula is C7H13NO. The van der Waals surface area contributed by atoms with E-state index < -0.39 is 0 Å². The summed E-state index contributed by atoms with van der Waals surface area (Å²) in [4.78, 5) is 0. The van der Waals surface area contributed by atoms with Crippen molar-refractivity contribution in [3.63, 3.8) is 0 Å². The molecular weight excluding hydrogens is 114 g/mol. The topological polar surface area (TPSA) is 23.1 Å². The third kappa shape index (κ3) is 1.80. The van der Waals surface area contributed by atoms with Gasteiger partial charge in [-0.15, -0.1) is 0 Å². The SMILES string of the molecule is CC1=CCC[N+](C)([O-])C1. The van der Waals surface area contributed by atoms with Gasteiger partial charge in [0.15, 0.2) is 0 Å². The van der Waals surface area contributed by atoms with E-state index in [-0.39, 0.29) is 4.65 Å². The molecule has 9 heavy (non-hydrogen) atoms. The minimum Gasteiger partial charge on any atom is -0.633 e. The van der Waals surface area contributed by atoms with Crippen LogP contribution in [0.4, 0.5) is 0 Å². The lowest BCUT2D eigenvalue weighted by molar-refractivity contribution is -0.857. The number of likely N-dealkylation sites (N-methyl/N-ethyl adjacent to an activating group) is 1. The van der Waals surface area contributed by atoms with E-state index in [0.717, 1.165) is 13.0 Å². The van der Waals surface area contributed by atoms with Gasteiger partial charge in [0, 0.05) is 6.42 Å². The van der Waals surface area contributed by atoms with Gasteiger partial charge < -0.3 is 9.85 Å². The standard InChI is InChI=1S/C7H13NO/c1-7-4-3-5-8(2,9)6-7/h4H,3,5-6H2,1-2H3. The molecule has 0 aliphatic carbocycles. The van der Waals surface area contributed by atoms with E-state index in [9.17, 15) is 5.21 Å². The molecule has 0 aromatic heterocycles. The van der Waals surface area contributed by atoms with Crippen LogP contribution in [0.2, 0.25) is 0 Å². The molecule has 0 saturated heterocycles. The first-order valence-electron chi connectivity index (χ1n) is 3.31. The molecule has 0 amide bonds. The third-order valence-corrected chi connectivity index (χ3v) is 1.68. The Balaban J connectivity index is 2.59. The normalized spacial score (nSPS) is 36.1. The highest BCUT2D eigenvalue weighted by Crippen LogP contribution is 2.13. The predicted octanol–water partition coefficient (Wildman–Crippen LogP) is 1.28. The van der Waals surface area contributed by atoms with E-state index >= 15 is 0 Å². The molecule has 0 aromatic rings. The molecule has 2 heteroatoms. The van der Waals surface area contributed by atoms with Crippen molar-refractivity contribution < 1.29 is 4.65 Å². The van der Waals surface area contributed by atoms with Crippen molar-refractivity contribution in [2.75, 3.05) is 20.1 Å². The Hall–Kier alpha value is -0.340. The first-order valence-corrected chi connectivity index (χ1v) is 3.31. The molecule has 52 valence electrons. The summed E-state index contributed by atoms with van der Waals surface area (Å²) in [5.41, 5.74) is 1.23. The van der Waals surface area contributed by atoms with E-state index in [1.807, 2.05) is 6.92 Å². The van der Waals surface area contributed by atoms with E-state index in [0.29, 0.717) is 6.54 Å². The number of hydroxylamine groups is 3. The van der Waals surface area contributed by atoms with Crippen LogP contribution < -0.4 is 0 Å². The van der Waals surface area contributed by atoms with Gasteiger partial charge in [-0.25, -0.2) is 0 Å². The lowest BCUT2D eigenvalue weighted by Crippen LogP contribution is -2.41. The molecule has 0 spiro atoms. The minimum atomic E-state index is -0.0810. The predicted molar refractivity (Wildman–Crippen MR) is 37.7 cm³/mol. The lowest BCUT2D eigenvalue weighted by atomic mass is 10.1. The highest BCUT2D eigenvalue weighted by Gasteiger charge is 2.13. The molecule has 0 aromatic carbocycles. The summed E-state index contributed by atoms with van der Waals surface area (Å²) in [7, 11) is 1.73. The van der Waals surface area contributed by atoms with Gasteiger partial charge in [-0.3, -0.25) is 0 Å². The van der Waals surface area contributed by atoms with Crippen LogP contribution in [0, 0.1) is 5.21 Å². The Morgan fingerprint density at radius 3 is 2.67 bits per heavy atom. The minimum absolute atomic E-state index is 0.0810. The Morgan fingerprint density at radius 2 is 2.33 bits per heavy atom. The van der Waals surface area contributed by atoms with Crippen molar-refractivity contribution in [1.82, 2.24) is 0 Å². The highest BCUT2D eigenvalue weighted by atomic mass is 16.5. The molecule has 1 aliphatic rings. The smallest absolute Gasteiger partial charge is 0.0996 e. The van der Waals surface area contributed by atoms with Crippen LogP contribution in [0.1, 0.15) is 13.3 Å². The second-order valence-electron chi connectivity index (χ2n) is 3.02. The van der Waals surface area contributed by atoms with Gasteiger partial charge in [0.1, 0.15) is 0 Å². The summed E-state index contributed by atoms with van der Waals surface area (Å²) in [6.07, 6.45) is 3.10. The van der Waals surface area contributed by atoms with E-state index in [1.54, 1.807) is 7.05 Å². The maximum absolute atomic E-state index is 11.2. The molecule has 0 saturated carbocycles. The number of nitrogens with zero attached hydrogens (tertiary/aromatic N) is 1. The largest absolute Gasteiger partial charge is 0.633 e.